The summed E-state index contributed by atoms with van der Waals surface area (Å²) in [4.78, 5) is 26.9. The number of benzene rings is 1. The summed E-state index contributed by atoms with van der Waals surface area (Å²) in [6, 6.07) is 5.36. The van der Waals surface area contributed by atoms with Gasteiger partial charge in [-0.15, -0.1) is 0 Å². The molecule has 1 aromatic heterocycles. The highest BCUT2D eigenvalue weighted by molar-refractivity contribution is 6.32. The largest absolute Gasteiger partial charge is 0.330 e. The van der Waals surface area contributed by atoms with Crippen LogP contribution in [-0.4, -0.2) is 9.55 Å². The van der Waals surface area contributed by atoms with Crippen LogP contribution in [0.15, 0.2) is 33.9 Å². The molecule has 106 valence electrons. The van der Waals surface area contributed by atoms with Crippen LogP contribution in [0.4, 0.5) is 4.39 Å². The monoisotopic (exact) mass is 296 g/mol. The Bertz CT molecular complexity index is 755. The Hall–Kier alpha value is -1.88. The summed E-state index contributed by atoms with van der Waals surface area (Å²) < 4.78 is 14.1. The smallest absolute Gasteiger partial charge is 0.297 e. The number of hydrogen-bond acceptors (Lipinski definition) is 2. The minimum absolute atomic E-state index is 0.0490. The lowest BCUT2D eigenvalue weighted by atomic mass is 10.1. The molecule has 1 heterocycles. The van der Waals surface area contributed by atoms with E-state index >= 15 is 0 Å². The van der Waals surface area contributed by atoms with Gasteiger partial charge in [-0.3, -0.25) is 14.3 Å². The van der Waals surface area contributed by atoms with Gasteiger partial charge in [-0.05, 0) is 38.5 Å². The second kappa shape index (κ2) is 4.90. The highest BCUT2D eigenvalue weighted by Gasteiger charge is 2.22. The van der Waals surface area contributed by atoms with E-state index in [9.17, 15) is 14.0 Å². The summed E-state index contributed by atoms with van der Waals surface area (Å²) >= 11 is 5.97. The fraction of sp³-hybridized carbons (Fsp3) is 0.286. The van der Waals surface area contributed by atoms with E-state index in [1.165, 1.54) is 24.3 Å². The molecule has 0 fully saturated rings. The van der Waals surface area contributed by atoms with Crippen LogP contribution in [-0.2, 0) is 5.54 Å². The van der Waals surface area contributed by atoms with Crippen molar-refractivity contribution < 1.29 is 4.39 Å². The SMILES string of the molecule is CC(C)(C)n1c(=O)[nH]c(Cl)c(-c2ccc(F)cc2)c1=O. The van der Waals surface area contributed by atoms with Crippen LogP contribution in [0.25, 0.3) is 11.1 Å². The van der Waals surface area contributed by atoms with Gasteiger partial charge in [0.15, 0.2) is 0 Å². The molecular formula is C14H14ClFN2O2. The predicted octanol–water partition coefficient (Wildman–Crippen LogP) is 2.75. The maximum absolute atomic E-state index is 13.0. The highest BCUT2D eigenvalue weighted by atomic mass is 35.5. The van der Waals surface area contributed by atoms with Crippen LogP contribution in [0.1, 0.15) is 20.8 Å². The van der Waals surface area contributed by atoms with E-state index in [1.54, 1.807) is 20.8 Å². The van der Waals surface area contributed by atoms with Gasteiger partial charge < -0.3 is 0 Å². The van der Waals surface area contributed by atoms with E-state index in [0.29, 0.717) is 5.56 Å². The van der Waals surface area contributed by atoms with Crippen molar-refractivity contribution >= 4 is 11.6 Å². The highest BCUT2D eigenvalue weighted by Crippen LogP contribution is 2.22. The molecule has 0 aliphatic carbocycles. The fourth-order valence-electron chi connectivity index (χ4n) is 1.99. The third kappa shape index (κ3) is 2.54. The molecule has 6 heteroatoms. The Balaban J connectivity index is 2.81. The molecule has 1 aromatic carbocycles. The van der Waals surface area contributed by atoms with E-state index in [2.05, 4.69) is 4.98 Å². The van der Waals surface area contributed by atoms with Crippen molar-refractivity contribution in [1.82, 2.24) is 9.55 Å². The third-order valence-corrected chi connectivity index (χ3v) is 3.14. The molecule has 0 atom stereocenters. The molecule has 0 unspecified atom stereocenters. The van der Waals surface area contributed by atoms with Crippen LogP contribution in [0.2, 0.25) is 5.15 Å². The molecule has 0 radical (unpaired) electrons. The summed E-state index contributed by atoms with van der Waals surface area (Å²) in [5, 5.41) is -0.0490. The third-order valence-electron chi connectivity index (χ3n) is 2.86. The lowest BCUT2D eigenvalue weighted by molar-refractivity contribution is 0.367. The maximum atomic E-state index is 13.0. The first-order valence-electron chi connectivity index (χ1n) is 6.03. The zero-order valence-electron chi connectivity index (χ0n) is 11.3. The number of hydrogen-bond donors (Lipinski definition) is 1. The van der Waals surface area contributed by atoms with Crippen LogP contribution >= 0.6 is 11.6 Å². The number of aromatic amines is 1. The molecule has 1 N–H and O–H groups in total. The van der Waals surface area contributed by atoms with Gasteiger partial charge in [0.1, 0.15) is 11.0 Å². The topological polar surface area (TPSA) is 54.9 Å². The van der Waals surface area contributed by atoms with Crippen molar-refractivity contribution in [3.8, 4) is 11.1 Å². The van der Waals surface area contributed by atoms with E-state index in [4.69, 9.17) is 11.6 Å². The van der Waals surface area contributed by atoms with Gasteiger partial charge in [-0.25, -0.2) is 9.18 Å². The molecule has 0 aliphatic rings. The minimum Gasteiger partial charge on any atom is -0.297 e. The number of aromatic nitrogens is 2. The lowest BCUT2D eigenvalue weighted by Gasteiger charge is -2.22. The quantitative estimate of drug-likeness (QED) is 0.823. The van der Waals surface area contributed by atoms with Crippen molar-refractivity contribution in [1.29, 1.82) is 0 Å². The zero-order chi connectivity index (χ0) is 15.1. The Morgan fingerprint density at radius 2 is 1.70 bits per heavy atom. The first-order valence-corrected chi connectivity index (χ1v) is 6.41. The second-order valence-electron chi connectivity index (χ2n) is 5.44. The van der Waals surface area contributed by atoms with Gasteiger partial charge in [0.25, 0.3) is 5.56 Å². The molecule has 0 saturated carbocycles. The Morgan fingerprint density at radius 3 is 2.20 bits per heavy atom. The van der Waals surface area contributed by atoms with Crippen LogP contribution in [0, 0.1) is 5.82 Å². The zero-order valence-corrected chi connectivity index (χ0v) is 12.1. The van der Waals surface area contributed by atoms with Crippen molar-refractivity contribution in [2.24, 2.45) is 0 Å². The van der Waals surface area contributed by atoms with E-state index < -0.39 is 22.6 Å². The number of rotatable bonds is 1. The Morgan fingerprint density at radius 1 is 1.15 bits per heavy atom. The fourth-order valence-corrected chi connectivity index (χ4v) is 2.26. The minimum atomic E-state index is -0.690. The summed E-state index contributed by atoms with van der Waals surface area (Å²) in [6.45, 7) is 5.23. The number of nitrogens with one attached hydrogen (secondary N) is 1. The predicted molar refractivity (Wildman–Crippen MR) is 76.7 cm³/mol. The van der Waals surface area contributed by atoms with E-state index in [1.807, 2.05) is 0 Å². The molecule has 0 saturated heterocycles. The first-order chi connectivity index (χ1) is 9.21. The van der Waals surface area contributed by atoms with E-state index in [0.717, 1.165) is 4.57 Å². The molecule has 0 bridgehead atoms. The molecule has 20 heavy (non-hydrogen) atoms. The van der Waals surface area contributed by atoms with Crippen molar-refractivity contribution in [2.45, 2.75) is 26.3 Å². The van der Waals surface area contributed by atoms with E-state index in [-0.39, 0.29) is 10.7 Å². The van der Waals surface area contributed by atoms with Crippen LogP contribution in [0.5, 0.6) is 0 Å². The molecule has 0 spiro atoms. The van der Waals surface area contributed by atoms with Gasteiger partial charge in [-0.1, -0.05) is 23.7 Å². The van der Waals surface area contributed by atoms with Crippen molar-refractivity contribution in [2.75, 3.05) is 0 Å². The summed E-state index contributed by atoms with van der Waals surface area (Å²) in [6.07, 6.45) is 0. The summed E-state index contributed by atoms with van der Waals surface area (Å²) in [5.41, 5.74) is -1.16. The van der Waals surface area contributed by atoms with Crippen molar-refractivity contribution in [3.63, 3.8) is 0 Å². The standard InChI is InChI=1S/C14H14ClFN2O2/c1-14(2,3)18-12(19)10(11(15)17-13(18)20)8-4-6-9(16)7-5-8/h4-7H,1-3H3,(H,17,20). The summed E-state index contributed by atoms with van der Waals surface area (Å²) in [5.74, 6) is -0.412. The van der Waals surface area contributed by atoms with Gasteiger partial charge in [-0.2, -0.15) is 0 Å². The molecule has 4 nitrogen and oxygen atoms in total. The van der Waals surface area contributed by atoms with Gasteiger partial charge in [0.2, 0.25) is 0 Å². The maximum Gasteiger partial charge on any atom is 0.330 e. The van der Waals surface area contributed by atoms with Gasteiger partial charge >= 0.3 is 5.69 Å². The Labute approximate surface area is 119 Å². The molecule has 2 aromatic rings. The summed E-state index contributed by atoms with van der Waals surface area (Å²) in [7, 11) is 0. The molecular weight excluding hydrogens is 283 g/mol. The lowest BCUT2D eigenvalue weighted by Crippen LogP contribution is -2.45. The van der Waals surface area contributed by atoms with Gasteiger partial charge in [0.05, 0.1) is 5.56 Å². The van der Waals surface area contributed by atoms with Crippen LogP contribution < -0.4 is 11.2 Å². The van der Waals surface area contributed by atoms with Gasteiger partial charge in [0, 0.05) is 5.54 Å². The van der Waals surface area contributed by atoms with Crippen molar-refractivity contribution in [3.05, 3.63) is 56.1 Å². The molecule has 0 aliphatic heterocycles. The molecule has 0 amide bonds. The first kappa shape index (κ1) is 14.5. The average Bonchev–Trinajstić information content (AvgIpc) is 2.28. The Kier molecular flexibility index (Phi) is 3.56. The average molecular weight is 297 g/mol. The van der Waals surface area contributed by atoms with Crippen LogP contribution in [0.3, 0.4) is 0 Å². The second-order valence-corrected chi connectivity index (χ2v) is 5.82. The number of nitrogens with zero attached hydrogens (tertiary/aromatic N) is 1. The number of halogens is 2. The molecule has 2 rings (SSSR count). The normalized spacial score (nSPS) is 11.7. The number of H-pyrrole nitrogens is 1.